The largest absolute Gasteiger partial charge is 0.481 e. The minimum atomic E-state index is -0.189. The molecule has 0 unspecified atom stereocenters. The van der Waals surface area contributed by atoms with Gasteiger partial charge in [0.15, 0.2) is 0 Å². The van der Waals surface area contributed by atoms with E-state index in [4.69, 9.17) is 4.74 Å². The Hall–Kier alpha value is -3.15. The van der Waals surface area contributed by atoms with Crippen LogP contribution < -0.4 is 10.1 Å². The molecule has 0 radical (unpaired) electrons. The van der Waals surface area contributed by atoms with E-state index in [0.29, 0.717) is 17.9 Å². The molecular formula is C18H18N4O2. The van der Waals surface area contributed by atoms with Crippen molar-refractivity contribution in [3.63, 3.8) is 0 Å². The fraction of sp³-hybridized carbons (Fsp3) is 0.167. The van der Waals surface area contributed by atoms with E-state index in [9.17, 15) is 4.79 Å². The average Bonchev–Trinajstić information content (AvgIpc) is 3.15. The van der Waals surface area contributed by atoms with Crippen LogP contribution in [0.5, 0.6) is 5.88 Å². The number of pyridine rings is 1. The van der Waals surface area contributed by atoms with E-state index in [0.717, 1.165) is 11.4 Å². The van der Waals surface area contributed by atoms with Gasteiger partial charge in [-0.2, -0.15) is 0 Å². The number of nitrogens with one attached hydrogen (secondary N) is 2. The van der Waals surface area contributed by atoms with Crippen molar-refractivity contribution in [3.05, 3.63) is 78.0 Å². The van der Waals surface area contributed by atoms with Crippen LogP contribution in [-0.4, -0.2) is 28.0 Å². The standard InChI is InChI=1S/C18H18N4O2/c1-24-17-8-7-14(12-21-17)18(23)22-15(11-16-19-9-10-20-16)13-5-3-2-4-6-13/h2-10,12,15H,11H2,1H3,(H,19,20)(H,22,23)/t15-/m1/s1. The summed E-state index contributed by atoms with van der Waals surface area (Å²) in [6.07, 6.45) is 5.55. The highest BCUT2D eigenvalue weighted by molar-refractivity contribution is 5.94. The van der Waals surface area contributed by atoms with Gasteiger partial charge in [-0.3, -0.25) is 4.79 Å². The molecule has 3 rings (SSSR count). The van der Waals surface area contributed by atoms with Crippen molar-refractivity contribution in [2.45, 2.75) is 12.5 Å². The first-order chi connectivity index (χ1) is 11.8. The quantitative estimate of drug-likeness (QED) is 0.731. The number of ether oxygens (including phenoxy) is 1. The number of H-pyrrole nitrogens is 1. The van der Waals surface area contributed by atoms with Gasteiger partial charge < -0.3 is 15.0 Å². The van der Waals surface area contributed by atoms with E-state index in [-0.39, 0.29) is 11.9 Å². The minimum Gasteiger partial charge on any atom is -0.481 e. The van der Waals surface area contributed by atoms with E-state index in [1.165, 1.54) is 13.3 Å². The highest BCUT2D eigenvalue weighted by Gasteiger charge is 2.17. The number of nitrogens with zero attached hydrogens (tertiary/aromatic N) is 2. The van der Waals surface area contributed by atoms with Crippen LogP contribution in [0.1, 0.15) is 27.8 Å². The van der Waals surface area contributed by atoms with Crippen molar-refractivity contribution in [1.82, 2.24) is 20.3 Å². The lowest BCUT2D eigenvalue weighted by Gasteiger charge is -2.18. The molecule has 0 saturated carbocycles. The molecule has 122 valence electrons. The molecule has 2 aromatic heterocycles. The summed E-state index contributed by atoms with van der Waals surface area (Å²) in [5.41, 5.74) is 1.50. The molecule has 1 atom stereocenters. The van der Waals surface area contributed by atoms with Gasteiger partial charge in [0.05, 0.1) is 18.7 Å². The third kappa shape index (κ3) is 3.78. The zero-order valence-electron chi connectivity index (χ0n) is 13.3. The Kier molecular flexibility index (Phi) is 4.86. The summed E-state index contributed by atoms with van der Waals surface area (Å²) < 4.78 is 5.01. The molecule has 0 aliphatic heterocycles. The van der Waals surface area contributed by atoms with E-state index in [2.05, 4.69) is 20.3 Å². The fourth-order valence-corrected chi connectivity index (χ4v) is 2.42. The van der Waals surface area contributed by atoms with Gasteiger partial charge in [-0.25, -0.2) is 9.97 Å². The summed E-state index contributed by atoms with van der Waals surface area (Å²) in [7, 11) is 1.54. The number of rotatable bonds is 6. The maximum Gasteiger partial charge on any atom is 0.253 e. The number of carbonyl (C=O) groups excluding carboxylic acids is 1. The van der Waals surface area contributed by atoms with Gasteiger partial charge in [0.1, 0.15) is 5.82 Å². The zero-order chi connectivity index (χ0) is 16.8. The summed E-state index contributed by atoms with van der Waals surface area (Å²) in [6.45, 7) is 0. The number of aromatic nitrogens is 3. The lowest BCUT2D eigenvalue weighted by Crippen LogP contribution is -2.30. The Balaban J connectivity index is 1.78. The second kappa shape index (κ2) is 7.41. The number of amides is 1. The second-order valence-electron chi connectivity index (χ2n) is 5.27. The third-order valence-electron chi connectivity index (χ3n) is 3.67. The van der Waals surface area contributed by atoms with Gasteiger partial charge in [-0.15, -0.1) is 0 Å². The van der Waals surface area contributed by atoms with E-state index in [1.54, 1.807) is 24.5 Å². The number of methoxy groups -OCH3 is 1. The molecule has 2 N–H and O–H groups in total. The highest BCUT2D eigenvalue weighted by atomic mass is 16.5. The molecule has 1 aromatic carbocycles. The van der Waals surface area contributed by atoms with Crippen LogP contribution in [0.2, 0.25) is 0 Å². The summed E-state index contributed by atoms with van der Waals surface area (Å²) >= 11 is 0. The van der Waals surface area contributed by atoms with Crippen LogP contribution in [0.3, 0.4) is 0 Å². The lowest BCUT2D eigenvalue weighted by molar-refractivity contribution is 0.0935. The van der Waals surface area contributed by atoms with Gasteiger partial charge in [-0.05, 0) is 11.6 Å². The van der Waals surface area contributed by atoms with Crippen molar-refractivity contribution >= 4 is 5.91 Å². The molecule has 0 bridgehead atoms. The lowest BCUT2D eigenvalue weighted by atomic mass is 10.0. The molecule has 0 aliphatic rings. The first-order valence-electron chi connectivity index (χ1n) is 7.60. The number of hydrogen-bond acceptors (Lipinski definition) is 4. The van der Waals surface area contributed by atoms with Crippen molar-refractivity contribution < 1.29 is 9.53 Å². The van der Waals surface area contributed by atoms with Crippen LogP contribution in [0.4, 0.5) is 0 Å². The average molecular weight is 322 g/mol. The monoisotopic (exact) mass is 322 g/mol. The predicted molar refractivity (Wildman–Crippen MR) is 89.7 cm³/mol. The van der Waals surface area contributed by atoms with Gasteiger partial charge in [0.25, 0.3) is 5.91 Å². The number of carbonyl (C=O) groups is 1. The SMILES string of the molecule is COc1ccc(C(=O)N[C@H](Cc2ncc[nH]2)c2ccccc2)cn1. The Morgan fingerprint density at radius 3 is 2.67 bits per heavy atom. The van der Waals surface area contributed by atoms with Gasteiger partial charge in [-0.1, -0.05) is 30.3 Å². The van der Waals surface area contributed by atoms with E-state index >= 15 is 0 Å². The molecule has 6 nitrogen and oxygen atoms in total. The normalized spacial score (nSPS) is 11.7. The molecule has 24 heavy (non-hydrogen) atoms. The summed E-state index contributed by atoms with van der Waals surface area (Å²) in [5.74, 6) is 1.10. The van der Waals surface area contributed by atoms with E-state index < -0.39 is 0 Å². The second-order valence-corrected chi connectivity index (χ2v) is 5.27. The van der Waals surface area contributed by atoms with Gasteiger partial charge >= 0.3 is 0 Å². The zero-order valence-corrected chi connectivity index (χ0v) is 13.3. The Morgan fingerprint density at radius 2 is 2.04 bits per heavy atom. The summed E-state index contributed by atoms with van der Waals surface area (Å²) in [5, 5.41) is 3.05. The fourth-order valence-electron chi connectivity index (χ4n) is 2.42. The molecule has 1 amide bonds. The van der Waals surface area contributed by atoms with Crippen molar-refractivity contribution in [2.24, 2.45) is 0 Å². The smallest absolute Gasteiger partial charge is 0.253 e. The van der Waals surface area contributed by atoms with Crippen LogP contribution in [0, 0.1) is 0 Å². The number of hydrogen-bond donors (Lipinski definition) is 2. The van der Waals surface area contributed by atoms with Crippen LogP contribution in [0.15, 0.2) is 61.1 Å². The molecule has 3 aromatic rings. The molecule has 0 fully saturated rings. The molecule has 0 aliphatic carbocycles. The highest BCUT2D eigenvalue weighted by Crippen LogP contribution is 2.18. The molecular weight excluding hydrogens is 304 g/mol. The topological polar surface area (TPSA) is 79.9 Å². The summed E-state index contributed by atoms with van der Waals surface area (Å²) in [4.78, 5) is 23.9. The number of benzene rings is 1. The van der Waals surface area contributed by atoms with Gasteiger partial charge in [0, 0.05) is 31.1 Å². The molecule has 6 heteroatoms. The van der Waals surface area contributed by atoms with Crippen molar-refractivity contribution in [3.8, 4) is 5.88 Å². The van der Waals surface area contributed by atoms with Crippen LogP contribution >= 0.6 is 0 Å². The molecule has 0 saturated heterocycles. The predicted octanol–water partition coefficient (Wildman–Crippen LogP) is 2.53. The van der Waals surface area contributed by atoms with Crippen molar-refractivity contribution in [1.29, 1.82) is 0 Å². The molecule has 0 spiro atoms. The van der Waals surface area contributed by atoms with Crippen LogP contribution in [-0.2, 0) is 6.42 Å². The first kappa shape index (κ1) is 15.7. The summed E-state index contributed by atoms with van der Waals surface area (Å²) in [6, 6.07) is 13.0. The Labute approximate surface area is 139 Å². The minimum absolute atomic E-state index is 0.188. The first-order valence-corrected chi connectivity index (χ1v) is 7.60. The number of imidazole rings is 1. The maximum absolute atomic E-state index is 12.5. The molecule has 2 heterocycles. The maximum atomic E-state index is 12.5. The van der Waals surface area contributed by atoms with Crippen LogP contribution in [0.25, 0.3) is 0 Å². The Bertz CT molecular complexity index is 771. The van der Waals surface area contributed by atoms with E-state index in [1.807, 2.05) is 30.3 Å². The van der Waals surface area contributed by atoms with Crippen molar-refractivity contribution in [2.75, 3.05) is 7.11 Å². The Morgan fingerprint density at radius 1 is 1.21 bits per heavy atom. The third-order valence-corrected chi connectivity index (χ3v) is 3.67. The number of aromatic amines is 1. The van der Waals surface area contributed by atoms with Gasteiger partial charge in [0.2, 0.25) is 5.88 Å².